The van der Waals surface area contributed by atoms with E-state index in [9.17, 15) is 13.2 Å². The number of benzene rings is 1. The first kappa shape index (κ1) is 14.2. The van der Waals surface area contributed by atoms with E-state index in [1.807, 2.05) is 14.1 Å². The molecular formula is C14H14F3N3. The molecule has 0 amide bonds. The lowest BCUT2D eigenvalue weighted by Crippen LogP contribution is -2.11. The molecule has 1 aromatic carbocycles. The summed E-state index contributed by atoms with van der Waals surface area (Å²) in [5.74, 6) is 0.678. The van der Waals surface area contributed by atoms with Crippen molar-refractivity contribution in [2.24, 2.45) is 0 Å². The van der Waals surface area contributed by atoms with Crippen molar-refractivity contribution < 1.29 is 13.2 Å². The van der Waals surface area contributed by atoms with Crippen LogP contribution >= 0.6 is 0 Å². The summed E-state index contributed by atoms with van der Waals surface area (Å²) in [6.45, 7) is 0. The van der Waals surface area contributed by atoms with Gasteiger partial charge in [-0.1, -0.05) is 6.07 Å². The van der Waals surface area contributed by atoms with Gasteiger partial charge < -0.3 is 10.6 Å². The number of rotatable bonds is 2. The quantitative estimate of drug-likeness (QED) is 0.858. The number of pyridine rings is 1. The fourth-order valence-corrected chi connectivity index (χ4v) is 1.86. The lowest BCUT2D eigenvalue weighted by atomic mass is 10.00. The van der Waals surface area contributed by atoms with Crippen molar-refractivity contribution in [1.29, 1.82) is 0 Å². The summed E-state index contributed by atoms with van der Waals surface area (Å²) in [6.07, 6.45) is -3.03. The fraction of sp³-hybridized carbons (Fsp3) is 0.214. The van der Waals surface area contributed by atoms with Crippen LogP contribution in [0.3, 0.4) is 0 Å². The highest BCUT2D eigenvalue weighted by atomic mass is 19.4. The molecule has 2 rings (SSSR count). The molecule has 0 bridgehead atoms. The Morgan fingerprint density at radius 2 is 1.80 bits per heavy atom. The van der Waals surface area contributed by atoms with Crippen LogP contribution in [-0.2, 0) is 6.18 Å². The van der Waals surface area contributed by atoms with Gasteiger partial charge in [-0.05, 0) is 29.8 Å². The van der Waals surface area contributed by atoms with E-state index in [4.69, 9.17) is 5.73 Å². The number of nitrogens with two attached hydrogens (primary N) is 1. The van der Waals surface area contributed by atoms with Crippen LogP contribution in [0.5, 0.6) is 0 Å². The Labute approximate surface area is 114 Å². The molecule has 1 aromatic heterocycles. The summed E-state index contributed by atoms with van der Waals surface area (Å²) in [5, 5.41) is 0. The highest BCUT2D eigenvalue weighted by Gasteiger charge is 2.33. The Balaban J connectivity index is 2.52. The predicted molar refractivity (Wildman–Crippen MR) is 73.4 cm³/mol. The SMILES string of the molecule is CN(C)c1ccc(-c2ccc(N)cc2C(F)(F)F)cn1. The van der Waals surface area contributed by atoms with Crippen molar-refractivity contribution in [3.05, 3.63) is 42.1 Å². The van der Waals surface area contributed by atoms with Gasteiger partial charge in [0, 0.05) is 31.5 Å². The van der Waals surface area contributed by atoms with Crippen molar-refractivity contribution in [3.8, 4) is 11.1 Å². The maximum Gasteiger partial charge on any atom is 0.417 e. The molecule has 106 valence electrons. The normalized spacial score (nSPS) is 11.4. The molecule has 0 aliphatic carbocycles. The van der Waals surface area contributed by atoms with Crippen molar-refractivity contribution in [3.63, 3.8) is 0 Å². The van der Waals surface area contributed by atoms with Crippen LogP contribution < -0.4 is 10.6 Å². The molecule has 2 N–H and O–H groups in total. The van der Waals surface area contributed by atoms with Gasteiger partial charge >= 0.3 is 6.18 Å². The van der Waals surface area contributed by atoms with Crippen LogP contribution in [-0.4, -0.2) is 19.1 Å². The standard InChI is InChI=1S/C14H14F3N3/c1-20(2)13-6-3-9(8-19-13)11-5-4-10(18)7-12(11)14(15,16)17/h3-8H,18H2,1-2H3. The Bertz CT molecular complexity index is 604. The first-order valence-corrected chi connectivity index (χ1v) is 5.89. The lowest BCUT2D eigenvalue weighted by Gasteiger charge is -2.15. The minimum atomic E-state index is -4.45. The lowest BCUT2D eigenvalue weighted by molar-refractivity contribution is -0.137. The van der Waals surface area contributed by atoms with Crippen LogP contribution in [0.15, 0.2) is 36.5 Å². The zero-order valence-corrected chi connectivity index (χ0v) is 11.1. The molecule has 0 saturated heterocycles. The van der Waals surface area contributed by atoms with Gasteiger partial charge in [0.2, 0.25) is 0 Å². The number of alkyl halides is 3. The van der Waals surface area contributed by atoms with Gasteiger partial charge in [-0.25, -0.2) is 4.98 Å². The van der Waals surface area contributed by atoms with Crippen molar-refractivity contribution in [1.82, 2.24) is 4.98 Å². The molecule has 0 atom stereocenters. The number of hydrogen-bond donors (Lipinski definition) is 1. The van der Waals surface area contributed by atoms with Gasteiger partial charge in [0.05, 0.1) is 5.56 Å². The molecule has 0 spiro atoms. The van der Waals surface area contributed by atoms with E-state index in [2.05, 4.69) is 4.98 Å². The minimum Gasteiger partial charge on any atom is -0.399 e. The molecule has 0 saturated carbocycles. The summed E-state index contributed by atoms with van der Waals surface area (Å²) in [5.41, 5.74) is 5.25. The molecule has 6 heteroatoms. The second kappa shape index (κ2) is 5.03. The Morgan fingerprint density at radius 3 is 2.30 bits per heavy atom. The molecule has 0 fully saturated rings. The fourth-order valence-electron chi connectivity index (χ4n) is 1.86. The molecule has 0 aliphatic heterocycles. The second-order valence-corrected chi connectivity index (χ2v) is 4.60. The van der Waals surface area contributed by atoms with Crippen LogP contribution in [0.25, 0.3) is 11.1 Å². The van der Waals surface area contributed by atoms with E-state index in [1.54, 1.807) is 17.0 Å². The van der Waals surface area contributed by atoms with Crippen LogP contribution in [0, 0.1) is 0 Å². The molecular weight excluding hydrogens is 267 g/mol. The number of nitrogens with zero attached hydrogens (tertiary/aromatic N) is 2. The molecule has 1 heterocycles. The average molecular weight is 281 g/mol. The van der Waals surface area contributed by atoms with Gasteiger partial charge in [-0.2, -0.15) is 13.2 Å². The maximum absolute atomic E-state index is 13.0. The molecule has 0 radical (unpaired) electrons. The number of nitrogen functional groups attached to an aromatic ring is 1. The first-order valence-electron chi connectivity index (χ1n) is 5.89. The third kappa shape index (κ3) is 2.84. The Morgan fingerprint density at radius 1 is 1.10 bits per heavy atom. The summed E-state index contributed by atoms with van der Waals surface area (Å²) >= 11 is 0. The molecule has 20 heavy (non-hydrogen) atoms. The van der Waals surface area contributed by atoms with E-state index < -0.39 is 11.7 Å². The van der Waals surface area contributed by atoms with Crippen molar-refractivity contribution in [2.75, 3.05) is 24.7 Å². The molecule has 3 nitrogen and oxygen atoms in total. The van der Waals surface area contributed by atoms with Gasteiger partial charge in [-0.15, -0.1) is 0 Å². The first-order chi connectivity index (χ1) is 9.29. The summed E-state index contributed by atoms with van der Waals surface area (Å²) in [4.78, 5) is 5.90. The van der Waals surface area contributed by atoms with E-state index >= 15 is 0 Å². The average Bonchev–Trinajstić information content (AvgIpc) is 2.38. The number of anilines is 2. The van der Waals surface area contributed by atoms with Gasteiger partial charge in [0.15, 0.2) is 0 Å². The third-order valence-corrected chi connectivity index (χ3v) is 2.87. The third-order valence-electron chi connectivity index (χ3n) is 2.87. The van der Waals surface area contributed by atoms with Crippen LogP contribution in [0.4, 0.5) is 24.7 Å². The Hall–Kier alpha value is -2.24. The van der Waals surface area contributed by atoms with E-state index in [0.717, 1.165) is 6.07 Å². The van der Waals surface area contributed by atoms with Crippen molar-refractivity contribution in [2.45, 2.75) is 6.18 Å². The molecule has 0 unspecified atom stereocenters. The smallest absolute Gasteiger partial charge is 0.399 e. The van der Waals surface area contributed by atoms with Gasteiger partial charge in [0.25, 0.3) is 0 Å². The van der Waals surface area contributed by atoms with E-state index in [1.165, 1.54) is 18.3 Å². The van der Waals surface area contributed by atoms with Gasteiger partial charge in [0.1, 0.15) is 5.82 Å². The zero-order valence-electron chi connectivity index (χ0n) is 11.1. The highest BCUT2D eigenvalue weighted by molar-refractivity contribution is 5.70. The van der Waals surface area contributed by atoms with E-state index in [-0.39, 0.29) is 11.3 Å². The van der Waals surface area contributed by atoms with Crippen LogP contribution in [0.2, 0.25) is 0 Å². The largest absolute Gasteiger partial charge is 0.417 e. The van der Waals surface area contributed by atoms with E-state index in [0.29, 0.717) is 11.4 Å². The Kier molecular flexibility index (Phi) is 3.57. The number of halogens is 3. The monoisotopic (exact) mass is 281 g/mol. The highest BCUT2D eigenvalue weighted by Crippen LogP contribution is 2.38. The molecule has 2 aromatic rings. The second-order valence-electron chi connectivity index (χ2n) is 4.60. The van der Waals surface area contributed by atoms with Crippen LogP contribution in [0.1, 0.15) is 5.56 Å². The summed E-state index contributed by atoms with van der Waals surface area (Å²) in [7, 11) is 3.62. The topological polar surface area (TPSA) is 42.1 Å². The summed E-state index contributed by atoms with van der Waals surface area (Å²) in [6, 6.07) is 7.04. The number of hydrogen-bond acceptors (Lipinski definition) is 3. The van der Waals surface area contributed by atoms with Gasteiger partial charge in [-0.3, -0.25) is 0 Å². The predicted octanol–water partition coefficient (Wildman–Crippen LogP) is 3.42. The molecule has 0 aliphatic rings. The zero-order chi connectivity index (χ0) is 14.9. The minimum absolute atomic E-state index is 0.0736. The maximum atomic E-state index is 13.0. The number of aromatic nitrogens is 1. The summed E-state index contributed by atoms with van der Waals surface area (Å²) < 4.78 is 39.1. The van der Waals surface area contributed by atoms with Crippen molar-refractivity contribution >= 4 is 11.5 Å².